The summed E-state index contributed by atoms with van der Waals surface area (Å²) in [6.07, 6.45) is 1.59. The van der Waals surface area contributed by atoms with E-state index in [2.05, 4.69) is 34.6 Å². The van der Waals surface area contributed by atoms with Crippen LogP contribution in [-0.4, -0.2) is 22.3 Å². The van der Waals surface area contributed by atoms with Gasteiger partial charge in [0, 0.05) is 10.6 Å². The molecule has 138 valence electrons. The summed E-state index contributed by atoms with van der Waals surface area (Å²) in [6.45, 7) is 4.28. The number of aromatic nitrogens is 2. The number of hydrogen-bond acceptors (Lipinski definition) is 3. The van der Waals surface area contributed by atoms with Gasteiger partial charge in [0.25, 0.3) is 5.91 Å². The number of rotatable bonds is 5. The maximum atomic E-state index is 12.2. The first-order valence-electron chi connectivity index (χ1n) is 8.38. The highest BCUT2D eigenvalue weighted by molar-refractivity contribution is 6.36. The maximum Gasteiger partial charge on any atom is 0.289 e. The van der Waals surface area contributed by atoms with Crippen LogP contribution < -0.4 is 5.43 Å². The van der Waals surface area contributed by atoms with E-state index < -0.39 is 5.91 Å². The Morgan fingerprint density at radius 1 is 1.15 bits per heavy atom. The molecule has 0 aliphatic rings. The highest BCUT2D eigenvalue weighted by Gasteiger charge is 2.12. The Balaban J connectivity index is 1.65. The van der Waals surface area contributed by atoms with Crippen LogP contribution in [-0.2, 0) is 0 Å². The average Bonchev–Trinajstić information content (AvgIpc) is 3.12. The number of carbonyl (C=O) groups excluding carboxylic acids is 1. The third-order valence-electron chi connectivity index (χ3n) is 4.01. The molecule has 0 radical (unpaired) electrons. The number of amides is 1. The number of hydrazone groups is 1. The Morgan fingerprint density at radius 3 is 2.56 bits per heavy atom. The Hall–Kier alpha value is -2.63. The zero-order valence-corrected chi connectivity index (χ0v) is 16.3. The summed E-state index contributed by atoms with van der Waals surface area (Å²) in [5, 5.41) is 11.8. The second-order valence-corrected chi connectivity index (χ2v) is 7.16. The van der Waals surface area contributed by atoms with Crippen molar-refractivity contribution < 1.29 is 4.79 Å². The zero-order valence-electron chi connectivity index (χ0n) is 14.8. The van der Waals surface area contributed by atoms with Gasteiger partial charge in [-0.25, -0.2) is 5.43 Å². The molecule has 0 atom stereocenters. The Kier molecular flexibility index (Phi) is 5.94. The quantitative estimate of drug-likeness (QED) is 0.452. The molecule has 5 nitrogen and oxygen atoms in total. The molecule has 1 heterocycles. The summed E-state index contributed by atoms with van der Waals surface area (Å²) in [4.78, 5) is 12.2. The molecule has 27 heavy (non-hydrogen) atoms. The van der Waals surface area contributed by atoms with Crippen LogP contribution in [0.5, 0.6) is 0 Å². The van der Waals surface area contributed by atoms with Gasteiger partial charge in [0.1, 0.15) is 5.69 Å². The minimum atomic E-state index is -0.395. The molecule has 0 spiro atoms. The molecule has 0 aliphatic heterocycles. The fraction of sp³-hybridized carbons (Fsp3) is 0.150. The lowest BCUT2D eigenvalue weighted by atomic mass is 10.0. The molecule has 0 unspecified atom stereocenters. The van der Waals surface area contributed by atoms with E-state index in [0.29, 0.717) is 27.2 Å². The molecule has 1 amide bonds. The molecule has 7 heteroatoms. The number of aromatic amines is 1. The van der Waals surface area contributed by atoms with Crippen molar-refractivity contribution in [3.63, 3.8) is 0 Å². The molecule has 3 rings (SSSR count). The second kappa shape index (κ2) is 8.37. The molecule has 0 bridgehead atoms. The van der Waals surface area contributed by atoms with Crippen LogP contribution in [0.2, 0.25) is 10.0 Å². The van der Waals surface area contributed by atoms with Gasteiger partial charge in [-0.05, 0) is 41.3 Å². The molecule has 2 N–H and O–H groups in total. The summed E-state index contributed by atoms with van der Waals surface area (Å²) in [5.74, 6) is 0.0771. The van der Waals surface area contributed by atoms with Gasteiger partial charge >= 0.3 is 0 Å². The Labute approximate surface area is 167 Å². The summed E-state index contributed by atoms with van der Waals surface area (Å²) >= 11 is 12.1. The third-order valence-corrected chi connectivity index (χ3v) is 4.56. The lowest BCUT2D eigenvalue weighted by molar-refractivity contribution is 0.0950. The number of nitrogens with one attached hydrogen (secondary N) is 2. The zero-order chi connectivity index (χ0) is 19.4. The number of carbonyl (C=O) groups is 1. The molecule has 0 aliphatic carbocycles. The minimum Gasteiger partial charge on any atom is -0.272 e. The van der Waals surface area contributed by atoms with Crippen LogP contribution >= 0.6 is 23.2 Å². The summed E-state index contributed by atoms with van der Waals surface area (Å²) in [7, 11) is 0. The van der Waals surface area contributed by atoms with Crippen molar-refractivity contribution in [2.45, 2.75) is 19.8 Å². The van der Waals surface area contributed by atoms with Crippen molar-refractivity contribution >= 4 is 35.3 Å². The molecule has 3 aromatic rings. The van der Waals surface area contributed by atoms with Crippen LogP contribution in [0.3, 0.4) is 0 Å². The van der Waals surface area contributed by atoms with Crippen LogP contribution in [0.1, 0.15) is 41.4 Å². The number of H-pyrrole nitrogens is 1. The normalized spacial score (nSPS) is 11.3. The second-order valence-electron chi connectivity index (χ2n) is 6.31. The van der Waals surface area contributed by atoms with Crippen molar-refractivity contribution in [1.82, 2.24) is 15.6 Å². The van der Waals surface area contributed by atoms with Gasteiger partial charge in [-0.3, -0.25) is 9.89 Å². The number of nitrogens with zero attached hydrogens (tertiary/aromatic N) is 2. The van der Waals surface area contributed by atoms with Gasteiger partial charge in [-0.2, -0.15) is 10.2 Å². The molecule has 2 aromatic carbocycles. The highest BCUT2D eigenvalue weighted by atomic mass is 35.5. The number of halogens is 2. The SMILES string of the molecule is CC(C)c1ccc(/C=N\NC(=O)c2cc(-c3ccc(Cl)cc3Cl)n[nH]2)cc1. The highest BCUT2D eigenvalue weighted by Crippen LogP contribution is 2.29. The van der Waals surface area contributed by atoms with Crippen molar-refractivity contribution in [1.29, 1.82) is 0 Å². The minimum absolute atomic E-state index is 0.281. The van der Waals surface area contributed by atoms with Gasteiger partial charge in [-0.15, -0.1) is 0 Å². The fourth-order valence-corrected chi connectivity index (χ4v) is 2.97. The van der Waals surface area contributed by atoms with E-state index in [1.54, 1.807) is 30.5 Å². The first kappa shape index (κ1) is 19.1. The van der Waals surface area contributed by atoms with Gasteiger partial charge in [-0.1, -0.05) is 61.3 Å². The van der Waals surface area contributed by atoms with E-state index in [-0.39, 0.29) is 5.69 Å². The average molecular weight is 401 g/mol. The maximum absolute atomic E-state index is 12.2. The Morgan fingerprint density at radius 2 is 1.89 bits per heavy atom. The predicted octanol–water partition coefficient (Wildman–Crippen LogP) is 5.27. The number of benzene rings is 2. The van der Waals surface area contributed by atoms with E-state index in [1.165, 1.54) is 5.56 Å². The van der Waals surface area contributed by atoms with Gasteiger partial charge in [0.15, 0.2) is 0 Å². The smallest absolute Gasteiger partial charge is 0.272 e. The molecular formula is C20H18Cl2N4O. The summed E-state index contributed by atoms with van der Waals surface area (Å²) < 4.78 is 0. The first-order valence-corrected chi connectivity index (χ1v) is 9.14. The standard InChI is InChI=1S/C20H18Cl2N4O/c1-12(2)14-5-3-13(4-6-14)11-23-26-20(27)19-10-18(24-25-19)16-8-7-15(21)9-17(16)22/h3-12H,1-2H3,(H,24,25)(H,26,27)/b23-11-. The third kappa shape index (κ3) is 4.76. The predicted molar refractivity (Wildman–Crippen MR) is 110 cm³/mol. The fourth-order valence-electron chi connectivity index (χ4n) is 2.47. The van der Waals surface area contributed by atoms with E-state index >= 15 is 0 Å². The lowest BCUT2D eigenvalue weighted by Gasteiger charge is -2.04. The van der Waals surface area contributed by atoms with E-state index in [1.807, 2.05) is 24.3 Å². The van der Waals surface area contributed by atoms with E-state index in [4.69, 9.17) is 23.2 Å². The van der Waals surface area contributed by atoms with Crippen molar-refractivity contribution in [2.75, 3.05) is 0 Å². The molecular weight excluding hydrogens is 383 g/mol. The first-order chi connectivity index (χ1) is 12.9. The van der Waals surface area contributed by atoms with Crippen LogP contribution in [0.4, 0.5) is 0 Å². The molecule has 0 fully saturated rings. The van der Waals surface area contributed by atoms with Gasteiger partial charge in [0.05, 0.1) is 16.9 Å². The molecule has 0 saturated heterocycles. The van der Waals surface area contributed by atoms with Crippen molar-refractivity contribution in [3.05, 3.63) is 75.4 Å². The topological polar surface area (TPSA) is 70.1 Å². The van der Waals surface area contributed by atoms with Gasteiger partial charge in [0.2, 0.25) is 0 Å². The Bertz CT molecular complexity index is 978. The van der Waals surface area contributed by atoms with E-state index in [9.17, 15) is 4.79 Å². The van der Waals surface area contributed by atoms with Crippen LogP contribution in [0.25, 0.3) is 11.3 Å². The molecule has 0 saturated carbocycles. The van der Waals surface area contributed by atoms with Crippen molar-refractivity contribution in [3.8, 4) is 11.3 Å². The summed E-state index contributed by atoms with van der Waals surface area (Å²) in [5.41, 5.74) is 6.15. The number of hydrogen-bond donors (Lipinski definition) is 2. The van der Waals surface area contributed by atoms with Gasteiger partial charge < -0.3 is 0 Å². The summed E-state index contributed by atoms with van der Waals surface area (Å²) in [6, 6.07) is 14.7. The largest absolute Gasteiger partial charge is 0.289 e. The lowest BCUT2D eigenvalue weighted by Crippen LogP contribution is -2.18. The van der Waals surface area contributed by atoms with E-state index in [0.717, 1.165) is 5.56 Å². The van der Waals surface area contributed by atoms with Crippen LogP contribution in [0, 0.1) is 0 Å². The van der Waals surface area contributed by atoms with Crippen molar-refractivity contribution in [2.24, 2.45) is 5.10 Å². The van der Waals surface area contributed by atoms with Crippen LogP contribution in [0.15, 0.2) is 53.6 Å². The molecule has 1 aromatic heterocycles. The monoisotopic (exact) mass is 400 g/mol.